The van der Waals surface area contributed by atoms with E-state index in [0.29, 0.717) is 11.9 Å². The van der Waals surface area contributed by atoms with Crippen LogP contribution in [0.25, 0.3) is 0 Å². The van der Waals surface area contributed by atoms with Crippen LogP contribution in [0.4, 0.5) is 14.6 Å². The summed E-state index contributed by atoms with van der Waals surface area (Å²) in [4.78, 5) is 17.3. The minimum absolute atomic E-state index is 0.203. The minimum Gasteiger partial charge on any atom is -0.296 e. The molecule has 0 N–H and O–H groups in total. The number of rotatable bonds is 2. The molecule has 0 atom stereocenters. The molecule has 0 radical (unpaired) electrons. The normalized spacial score (nSPS) is 10.3. The van der Waals surface area contributed by atoms with E-state index < -0.39 is 17.5 Å². The maximum atomic E-state index is 13.5. The number of aromatic nitrogens is 1. The zero-order valence-corrected chi connectivity index (χ0v) is 11.5. The number of nitrogens with zero attached hydrogens (tertiary/aromatic N) is 2. The van der Waals surface area contributed by atoms with E-state index >= 15 is 0 Å². The molecule has 0 aliphatic heterocycles. The summed E-state index contributed by atoms with van der Waals surface area (Å²) >= 11 is 3.26. The number of halogens is 3. The van der Waals surface area contributed by atoms with Gasteiger partial charge in [0, 0.05) is 23.8 Å². The fourth-order valence-corrected chi connectivity index (χ4v) is 1.85. The summed E-state index contributed by atoms with van der Waals surface area (Å²) in [5.41, 5.74) is -0.203. The van der Waals surface area contributed by atoms with Crippen molar-refractivity contribution in [2.24, 2.45) is 0 Å². The number of hydrogen-bond donors (Lipinski definition) is 0. The minimum atomic E-state index is -0.896. The number of benzene rings is 1. The quantitative estimate of drug-likeness (QED) is 0.847. The second kappa shape index (κ2) is 5.44. The van der Waals surface area contributed by atoms with Crippen LogP contribution in [0, 0.1) is 11.6 Å². The molecular formula is C13H9BrF2N2O. The molecule has 0 bridgehead atoms. The first-order valence-corrected chi connectivity index (χ1v) is 6.13. The third kappa shape index (κ3) is 2.96. The van der Waals surface area contributed by atoms with E-state index in [1.807, 2.05) is 0 Å². The highest BCUT2D eigenvalue weighted by molar-refractivity contribution is 9.10. The van der Waals surface area contributed by atoms with Gasteiger partial charge in [0.1, 0.15) is 17.5 Å². The van der Waals surface area contributed by atoms with Crippen LogP contribution in [-0.2, 0) is 0 Å². The molecule has 1 amide bonds. The van der Waals surface area contributed by atoms with Crippen molar-refractivity contribution in [3.8, 4) is 0 Å². The van der Waals surface area contributed by atoms with Gasteiger partial charge in [-0.1, -0.05) is 15.9 Å². The van der Waals surface area contributed by atoms with Gasteiger partial charge in [-0.15, -0.1) is 0 Å². The lowest BCUT2D eigenvalue weighted by molar-refractivity contribution is 0.0988. The molecule has 6 heteroatoms. The van der Waals surface area contributed by atoms with Crippen LogP contribution in [0.5, 0.6) is 0 Å². The van der Waals surface area contributed by atoms with Crippen molar-refractivity contribution >= 4 is 27.7 Å². The van der Waals surface area contributed by atoms with Crippen molar-refractivity contribution in [2.75, 3.05) is 11.9 Å². The Hall–Kier alpha value is -1.82. The Balaban J connectivity index is 2.33. The molecule has 2 rings (SSSR count). The molecular weight excluding hydrogens is 318 g/mol. The van der Waals surface area contributed by atoms with Crippen molar-refractivity contribution < 1.29 is 13.6 Å². The van der Waals surface area contributed by atoms with Gasteiger partial charge < -0.3 is 0 Å². The van der Waals surface area contributed by atoms with Crippen molar-refractivity contribution in [3.63, 3.8) is 0 Å². The number of carbonyl (C=O) groups is 1. The summed E-state index contributed by atoms with van der Waals surface area (Å²) in [5, 5.41) is 0. The summed E-state index contributed by atoms with van der Waals surface area (Å²) in [7, 11) is 1.47. The van der Waals surface area contributed by atoms with E-state index in [1.165, 1.54) is 18.1 Å². The molecule has 98 valence electrons. The second-order valence-electron chi connectivity index (χ2n) is 3.82. The molecule has 0 aliphatic rings. The Bertz CT molecular complexity index is 634. The number of amides is 1. The zero-order chi connectivity index (χ0) is 14.0. The molecule has 0 spiro atoms. The number of hydrogen-bond acceptors (Lipinski definition) is 2. The highest BCUT2D eigenvalue weighted by Gasteiger charge is 2.18. The van der Waals surface area contributed by atoms with Crippen molar-refractivity contribution in [3.05, 3.63) is 58.2 Å². The van der Waals surface area contributed by atoms with E-state index in [1.54, 1.807) is 12.1 Å². The van der Waals surface area contributed by atoms with Crippen LogP contribution in [0.1, 0.15) is 10.4 Å². The first kappa shape index (κ1) is 13.6. The standard InChI is InChI=1S/C13H9BrF2N2O/c1-18(12-6-8(14)4-5-17-12)13(19)10-3-2-9(15)7-11(10)16/h2-7H,1H3. The monoisotopic (exact) mass is 326 g/mol. The van der Waals surface area contributed by atoms with Gasteiger partial charge in [-0.05, 0) is 24.3 Å². The third-order valence-corrected chi connectivity index (χ3v) is 3.01. The first-order chi connectivity index (χ1) is 8.99. The summed E-state index contributed by atoms with van der Waals surface area (Å²) in [5.74, 6) is -1.85. The molecule has 1 heterocycles. The van der Waals surface area contributed by atoms with Gasteiger partial charge in [0.15, 0.2) is 0 Å². The lowest BCUT2D eigenvalue weighted by Crippen LogP contribution is -2.27. The Labute approximate surface area is 117 Å². The molecule has 0 saturated heterocycles. The van der Waals surface area contributed by atoms with E-state index in [-0.39, 0.29) is 5.56 Å². The van der Waals surface area contributed by atoms with E-state index in [2.05, 4.69) is 20.9 Å². The largest absolute Gasteiger partial charge is 0.296 e. The van der Waals surface area contributed by atoms with Gasteiger partial charge in [-0.3, -0.25) is 9.69 Å². The fraction of sp³-hybridized carbons (Fsp3) is 0.0769. The maximum Gasteiger partial charge on any atom is 0.262 e. The smallest absolute Gasteiger partial charge is 0.262 e. The van der Waals surface area contributed by atoms with Gasteiger partial charge in [0.25, 0.3) is 5.91 Å². The zero-order valence-electron chi connectivity index (χ0n) is 9.90. The van der Waals surface area contributed by atoms with Gasteiger partial charge >= 0.3 is 0 Å². The number of anilines is 1. The Morgan fingerprint density at radius 3 is 2.63 bits per heavy atom. The predicted molar refractivity (Wildman–Crippen MR) is 71.0 cm³/mol. The van der Waals surface area contributed by atoms with Crippen LogP contribution < -0.4 is 4.90 Å². The van der Waals surface area contributed by atoms with Gasteiger partial charge in [0.05, 0.1) is 5.56 Å². The Kier molecular flexibility index (Phi) is 3.90. The molecule has 3 nitrogen and oxygen atoms in total. The maximum absolute atomic E-state index is 13.5. The van der Waals surface area contributed by atoms with Crippen LogP contribution in [0.15, 0.2) is 41.0 Å². The second-order valence-corrected chi connectivity index (χ2v) is 4.74. The van der Waals surface area contributed by atoms with Crippen LogP contribution in [0.2, 0.25) is 0 Å². The summed E-state index contributed by atoms with van der Waals surface area (Å²) < 4.78 is 27.1. The molecule has 1 aromatic heterocycles. The molecule has 1 aromatic carbocycles. The molecule has 2 aromatic rings. The predicted octanol–water partition coefficient (Wildman–Crippen LogP) is 3.40. The molecule has 19 heavy (non-hydrogen) atoms. The van der Waals surface area contributed by atoms with Crippen molar-refractivity contribution in [1.82, 2.24) is 4.98 Å². The molecule has 0 unspecified atom stereocenters. The van der Waals surface area contributed by atoms with Crippen molar-refractivity contribution in [2.45, 2.75) is 0 Å². The lowest BCUT2D eigenvalue weighted by Gasteiger charge is -2.16. The van der Waals surface area contributed by atoms with Crippen LogP contribution >= 0.6 is 15.9 Å². The van der Waals surface area contributed by atoms with Gasteiger partial charge in [-0.2, -0.15) is 0 Å². The Morgan fingerprint density at radius 2 is 2.00 bits per heavy atom. The first-order valence-electron chi connectivity index (χ1n) is 5.33. The average Bonchev–Trinajstić information content (AvgIpc) is 2.37. The van der Waals surface area contributed by atoms with E-state index in [0.717, 1.165) is 16.6 Å². The topological polar surface area (TPSA) is 33.2 Å². The third-order valence-electron chi connectivity index (χ3n) is 2.52. The number of pyridine rings is 1. The molecule has 0 aliphatic carbocycles. The van der Waals surface area contributed by atoms with E-state index in [9.17, 15) is 13.6 Å². The molecule has 0 fully saturated rings. The fourth-order valence-electron chi connectivity index (χ4n) is 1.52. The SMILES string of the molecule is CN(C(=O)c1ccc(F)cc1F)c1cc(Br)ccn1. The Morgan fingerprint density at radius 1 is 1.26 bits per heavy atom. The highest BCUT2D eigenvalue weighted by atomic mass is 79.9. The van der Waals surface area contributed by atoms with Crippen LogP contribution in [0.3, 0.4) is 0 Å². The average molecular weight is 327 g/mol. The van der Waals surface area contributed by atoms with Crippen molar-refractivity contribution in [1.29, 1.82) is 0 Å². The van der Waals surface area contributed by atoms with Crippen LogP contribution in [-0.4, -0.2) is 17.9 Å². The van der Waals surface area contributed by atoms with Gasteiger partial charge in [-0.25, -0.2) is 13.8 Å². The summed E-state index contributed by atoms with van der Waals surface area (Å²) in [6.07, 6.45) is 1.52. The van der Waals surface area contributed by atoms with Gasteiger partial charge in [0.2, 0.25) is 0 Å². The summed E-state index contributed by atoms with van der Waals surface area (Å²) in [6, 6.07) is 6.16. The highest BCUT2D eigenvalue weighted by Crippen LogP contribution is 2.19. The van der Waals surface area contributed by atoms with E-state index in [4.69, 9.17) is 0 Å². The number of carbonyl (C=O) groups excluding carboxylic acids is 1. The molecule has 0 saturated carbocycles. The summed E-state index contributed by atoms with van der Waals surface area (Å²) in [6.45, 7) is 0. The lowest BCUT2D eigenvalue weighted by atomic mass is 10.2.